The molecule has 5 heteroatoms. The van der Waals surface area contributed by atoms with Crippen LogP contribution in [-0.4, -0.2) is 26.2 Å². The summed E-state index contributed by atoms with van der Waals surface area (Å²) >= 11 is 0. The maximum absolute atomic E-state index is 5.63. The molecule has 0 spiro atoms. The first-order valence-electron chi connectivity index (χ1n) is 9.21. The summed E-state index contributed by atoms with van der Waals surface area (Å²) in [6.45, 7) is 2.67. The predicted molar refractivity (Wildman–Crippen MR) is 103 cm³/mol. The first kappa shape index (κ1) is 16.0. The lowest BCUT2D eigenvalue weighted by molar-refractivity contribution is 0.225. The molecule has 0 aliphatic carbocycles. The van der Waals surface area contributed by atoms with Crippen molar-refractivity contribution in [2.45, 2.75) is 19.5 Å². The van der Waals surface area contributed by atoms with Crippen LogP contribution in [0.4, 0.5) is 0 Å². The van der Waals surface area contributed by atoms with Gasteiger partial charge in [0.25, 0.3) is 0 Å². The molecule has 3 aromatic heterocycles. The summed E-state index contributed by atoms with van der Waals surface area (Å²) in [5.41, 5.74) is 4.52. The van der Waals surface area contributed by atoms with Gasteiger partial charge in [0.2, 0.25) is 0 Å². The number of aromatic nitrogens is 3. The van der Waals surface area contributed by atoms with E-state index in [1.165, 1.54) is 11.3 Å². The van der Waals surface area contributed by atoms with Gasteiger partial charge in [-0.2, -0.15) is 0 Å². The Balaban J connectivity index is 1.40. The van der Waals surface area contributed by atoms with E-state index < -0.39 is 0 Å². The van der Waals surface area contributed by atoms with Crippen LogP contribution >= 0.6 is 0 Å². The van der Waals surface area contributed by atoms with E-state index >= 15 is 0 Å². The molecule has 1 aliphatic rings. The number of fused-ring (bicyclic) bond motifs is 1. The maximum Gasteiger partial charge on any atom is 0.143 e. The molecule has 4 aromatic rings. The van der Waals surface area contributed by atoms with Crippen LogP contribution in [0, 0.1) is 0 Å². The number of benzene rings is 1. The smallest absolute Gasteiger partial charge is 0.143 e. The molecule has 1 aliphatic heterocycles. The lowest BCUT2D eigenvalue weighted by atomic mass is 10.0. The Bertz CT molecular complexity index is 1040. The van der Waals surface area contributed by atoms with Gasteiger partial charge in [0, 0.05) is 55.3 Å². The maximum atomic E-state index is 5.63. The highest BCUT2D eigenvalue weighted by molar-refractivity contribution is 5.63. The van der Waals surface area contributed by atoms with Crippen molar-refractivity contribution in [2.75, 3.05) is 6.54 Å². The summed E-state index contributed by atoms with van der Waals surface area (Å²) in [6, 6.07) is 20.5. The second-order valence-corrected chi connectivity index (χ2v) is 6.82. The van der Waals surface area contributed by atoms with E-state index in [0.717, 1.165) is 48.9 Å². The zero-order chi connectivity index (χ0) is 18.1. The molecule has 5 nitrogen and oxygen atoms in total. The lowest BCUT2D eigenvalue weighted by Gasteiger charge is -2.26. The van der Waals surface area contributed by atoms with Crippen LogP contribution in [0.15, 0.2) is 77.6 Å². The number of nitrogens with zero attached hydrogens (tertiary/aromatic N) is 4. The van der Waals surface area contributed by atoms with Crippen molar-refractivity contribution < 1.29 is 4.52 Å². The van der Waals surface area contributed by atoms with Crippen molar-refractivity contribution in [1.29, 1.82) is 0 Å². The van der Waals surface area contributed by atoms with E-state index in [9.17, 15) is 0 Å². The predicted octanol–water partition coefficient (Wildman–Crippen LogP) is 4.09. The highest BCUT2D eigenvalue weighted by atomic mass is 16.5. The molecule has 0 bridgehead atoms. The molecule has 0 N–H and O–H groups in total. The van der Waals surface area contributed by atoms with Crippen LogP contribution < -0.4 is 0 Å². The van der Waals surface area contributed by atoms with Gasteiger partial charge >= 0.3 is 0 Å². The fraction of sp³-hybridized carbons (Fsp3) is 0.182. The number of hydrogen-bond acceptors (Lipinski definition) is 4. The van der Waals surface area contributed by atoms with Gasteiger partial charge in [-0.25, -0.2) is 4.98 Å². The molecule has 4 heterocycles. The van der Waals surface area contributed by atoms with Gasteiger partial charge in [0.05, 0.1) is 0 Å². The molecule has 0 fully saturated rings. The Morgan fingerprint density at radius 3 is 2.70 bits per heavy atom. The first-order chi connectivity index (χ1) is 13.4. The highest BCUT2D eigenvalue weighted by Crippen LogP contribution is 2.30. The standard InChI is InChI=1S/C22H20N4O/c1-2-7-17(8-3-1)22-19-16-25(14-11-20(19)27-24-22)15-18-9-6-13-26(18)21-10-4-5-12-23-21/h1-10,12-13H,11,14-16H2. The van der Waals surface area contributed by atoms with Crippen molar-refractivity contribution in [1.82, 2.24) is 19.6 Å². The summed E-state index contributed by atoms with van der Waals surface area (Å²) < 4.78 is 7.78. The molecular formula is C22H20N4O. The topological polar surface area (TPSA) is 47.1 Å². The second-order valence-electron chi connectivity index (χ2n) is 6.82. The zero-order valence-electron chi connectivity index (χ0n) is 15.0. The highest BCUT2D eigenvalue weighted by Gasteiger charge is 2.25. The summed E-state index contributed by atoms with van der Waals surface area (Å²) in [7, 11) is 0. The number of pyridine rings is 1. The van der Waals surface area contributed by atoms with E-state index in [4.69, 9.17) is 4.52 Å². The Morgan fingerprint density at radius 1 is 0.963 bits per heavy atom. The van der Waals surface area contributed by atoms with Crippen molar-refractivity contribution in [2.24, 2.45) is 0 Å². The van der Waals surface area contributed by atoms with Crippen LogP contribution in [0.5, 0.6) is 0 Å². The van der Waals surface area contributed by atoms with Gasteiger partial charge in [0.15, 0.2) is 0 Å². The minimum Gasteiger partial charge on any atom is -0.360 e. The summed E-state index contributed by atoms with van der Waals surface area (Å²) in [6.07, 6.45) is 4.79. The molecule has 5 rings (SSSR count). The molecule has 0 atom stereocenters. The third-order valence-corrected chi connectivity index (χ3v) is 5.07. The molecule has 0 radical (unpaired) electrons. The van der Waals surface area contributed by atoms with E-state index in [0.29, 0.717) is 0 Å². The van der Waals surface area contributed by atoms with Crippen molar-refractivity contribution >= 4 is 0 Å². The molecule has 134 valence electrons. The molecule has 0 saturated heterocycles. The van der Waals surface area contributed by atoms with Gasteiger partial charge in [0.1, 0.15) is 17.3 Å². The third-order valence-electron chi connectivity index (χ3n) is 5.07. The van der Waals surface area contributed by atoms with E-state index in [2.05, 4.69) is 50.1 Å². The van der Waals surface area contributed by atoms with E-state index in [1.54, 1.807) is 0 Å². The fourth-order valence-electron chi connectivity index (χ4n) is 3.72. The molecule has 0 amide bonds. The zero-order valence-corrected chi connectivity index (χ0v) is 15.0. The SMILES string of the molecule is c1ccc(-c2noc3c2CN(Cc2cccn2-c2ccccn2)CC3)cc1. The lowest BCUT2D eigenvalue weighted by Crippen LogP contribution is -2.30. The Morgan fingerprint density at radius 2 is 1.85 bits per heavy atom. The van der Waals surface area contributed by atoms with Gasteiger partial charge < -0.3 is 9.09 Å². The average Bonchev–Trinajstić information content (AvgIpc) is 3.36. The monoisotopic (exact) mass is 356 g/mol. The van der Waals surface area contributed by atoms with Gasteiger partial charge in [-0.3, -0.25) is 4.90 Å². The molecule has 1 aromatic carbocycles. The molecule has 0 unspecified atom stereocenters. The summed E-state index contributed by atoms with van der Waals surface area (Å²) in [5.74, 6) is 1.97. The normalized spacial score (nSPS) is 14.2. The second kappa shape index (κ2) is 6.85. The molecular weight excluding hydrogens is 336 g/mol. The summed E-state index contributed by atoms with van der Waals surface area (Å²) in [5, 5.41) is 4.35. The van der Waals surface area contributed by atoms with Gasteiger partial charge in [-0.05, 0) is 24.3 Å². The number of rotatable bonds is 4. The third kappa shape index (κ3) is 3.06. The fourth-order valence-corrected chi connectivity index (χ4v) is 3.72. The van der Waals surface area contributed by atoms with E-state index in [-0.39, 0.29) is 0 Å². The van der Waals surface area contributed by atoms with Crippen molar-refractivity contribution in [3.8, 4) is 17.1 Å². The van der Waals surface area contributed by atoms with Crippen LogP contribution in [0.25, 0.3) is 17.1 Å². The summed E-state index contributed by atoms with van der Waals surface area (Å²) in [4.78, 5) is 6.92. The van der Waals surface area contributed by atoms with Gasteiger partial charge in [-0.1, -0.05) is 41.6 Å². The number of hydrogen-bond donors (Lipinski definition) is 0. The van der Waals surface area contributed by atoms with Gasteiger partial charge in [-0.15, -0.1) is 0 Å². The Hall–Kier alpha value is -3.18. The quantitative estimate of drug-likeness (QED) is 0.553. The van der Waals surface area contributed by atoms with Crippen LogP contribution in [0.1, 0.15) is 17.0 Å². The minimum absolute atomic E-state index is 0.844. The first-order valence-corrected chi connectivity index (χ1v) is 9.21. The largest absolute Gasteiger partial charge is 0.360 e. The van der Waals surface area contributed by atoms with Crippen LogP contribution in [-0.2, 0) is 19.5 Å². The van der Waals surface area contributed by atoms with Crippen molar-refractivity contribution in [3.63, 3.8) is 0 Å². The van der Waals surface area contributed by atoms with Crippen molar-refractivity contribution in [3.05, 3.63) is 90.1 Å². The van der Waals surface area contributed by atoms with Crippen LogP contribution in [0.2, 0.25) is 0 Å². The Labute approximate surface area is 157 Å². The molecule has 27 heavy (non-hydrogen) atoms. The molecule has 0 saturated carbocycles. The minimum atomic E-state index is 0.844. The average molecular weight is 356 g/mol. The van der Waals surface area contributed by atoms with Crippen LogP contribution in [0.3, 0.4) is 0 Å². The van der Waals surface area contributed by atoms with E-state index in [1.807, 2.05) is 42.6 Å². The Kier molecular flexibility index (Phi) is 4.07.